The molecule has 1 aromatic carbocycles. The number of nitrogens with one attached hydrogen (secondary N) is 4. The Labute approximate surface area is 211 Å². The maximum atomic E-state index is 13.2. The topological polar surface area (TPSA) is 180 Å². The molecule has 198 valence electrons. The van der Waals surface area contributed by atoms with Crippen molar-refractivity contribution in [2.45, 2.75) is 76.5 Å². The molecule has 1 fully saturated rings. The first-order valence-corrected chi connectivity index (χ1v) is 12.3. The number of benzene rings is 1. The highest BCUT2D eigenvalue weighted by Crippen LogP contribution is 2.10. The highest BCUT2D eigenvalue weighted by molar-refractivity contribution is 5.94. The van der Waals surface area contributed by atoms with Crippen LogP contribution in [0.3, 0.4) is 0 Å². The molecule has 11 heteroatoms. The second-order valence-corrected chi connectivity index (χ2v) is 9.49. The van der Waals surface area contributed by atoms with Crippen molar-refractivity contribution in [3.05, 3.63) is 35.9 Å². The summed E-state index contributed by atoms with van der Waals surface area (Å²) in [7, 11) is 0. The Morgan fingerprint density at radius 3 is 2.19 bits per heavy atom. The number of carboxylic acids is 1. The first-order chi connectivity index (χ1) is 17.1. The van der Waals surface area contributed by atoms with Crippen LogP contribution >= 0.6 is 0 Å². The van der Waals surface area contributed by atoms with E-state index in [2.05, 4.69) is 21.3 Å². The van der Waals surface area contributed by atoms with Crippen LogP contribution in [0.2, 0.25) is 0 Å². The van der Waals surface area contributed by atoms with Crippen LogP contribution in [0.4, 0.5) is 0 Å². The second kappa shape index (κ2) is 14.2. The van der Waals surface area contributed by atoms with Crippen LogP contribution in [0.15, 0.2) is 30.3 Å². The minimum Gasteiger partial charge on any atom is -0.480 e. The van der Waals surface area contributed by atoms with E-state index in [0.29, 0.717) is 13.0 Å². The molecule has 4 atom stereocenters. The number of amides is 4. The van der Waals surface area contributed by atoms with Crippen molar-refractivity contribution in [3.63, 3.8) is 0 Å². The van der Waals surface area contributed by atoms with E-state index in [4.69, 9.17) is 5.73 Å². The Morgan fingerprint density at radius 1 is 1.00 bits per heavy atom. The van der Waals surface area contributed by atoms with Gasteiger partial charge in [-0.2, -0.15) is 0 Å². The lowest BCUT2D eigenvalue weighted by molar-refractivity contribution is -0.142. The van der Waals surface area contributed by atoms with Crippen LogP contribution in [0.5, 0.6) is 0 Å². The van der Waals surface area contributed by atoms with Gasteiger partial charge in [0.2, 0.25) is 23.6 Å². The summed E-state index contributed by atoms with van der Waals surface area (Å²) in [6.45, 7) is 4.38. The number of carboxylic acid groups (broad SMARTS) is 1. The third-order valence-electron chi connectivity index (χ3n) is 5.93. The number of nitrogens with two attached hydrogens (primary N) is 1. The van der Waals surface area contributed by atoms with Crippen molar-refractivity contribution in [1.29, 1.82) is 0 Å². The maximum absolute atomic E-state index is 13.2. The van der Waals surface area contributed by atoms with Gasteiger partial charge in [0.15, 0.2) is 0 Å². The predicted octanol–water partition coefficient (Wildman–Crippen LogP) is -0.168. The van der Waals surface area contributed by atoms with Gasteiger partial charge in [-0.15, -0.1) is 0 Å². The number of carbonyl (C=O) groups excluding carboxylic acids is 4. The van der Waals surface area contributed by atoms with Crippen molar-refractivity contribution >= 4 is 29.6 Å². The minimum atomic E-state index is -1.17. The fourth-order valence-electron chi connectivity index (χ4n) is 4.03. The van der Waals surface area contributed by atoms with E-state index in [1.807, 2.05) is 19.9 Å². The van der Waals surface area contributed by atoms with Crippen molar-refractivity contribution in [3.8, 4) is 0 Å². The van der Waals surface area contributed by atoms with Gasteiger partial charge in [0.25, 0.3) is 0 Å². The number of hydrogen-bond donors (Lipinski definition) is 6. The Bertz CT molecular complexity index is 917. The fraction of sp³-hybridized carbons (Fsp3) is 0.560. The van der Waals surface area contributed by atoms with Gasteiger partial charge in [-0.05, 0) is 43.7 Å². The summed E-state index contributed by atoms with van der Waals surface area (Å²) in [6, 6.07) is 5.20. The van der Waals surface area contributed by atoms with E-state index in [1.54, 1.807) is 24.3 Å². The van der Waals surface area contributed by atoms with Crippen LogP contribution in [0, 0.1) is 5.92 Å². The van der Waals surface area contributed by atoms with Gasteiger partial charge < -0.3 is 32.1 Å². The normalized spacial score (nSPS) is 17.6. The molecule has 0 aliphatic carbocycles. The lowest BCUT2D eigenvalue weighted by atomic mass is 10.0. The first-order valence-electron chi connectivity index (χ1n) is 12.3. The highest BCUT2D eigenvalue weighted by Gasteiger charge is 2.32. The molecule has 0 spiro atoms. The third kappa shape index (κ3) is 9.65. The predicted molar refractivity (Wildman–Crippen MR) is 132 cm³/mol. The van der Waals surface area contributed by atoms with E-state index in [1.165, 1.54) is 0 Å². The van der Waals surface area contributed by atoms with Crippen molar-refractivity contribution in [2.24, 2.45) is 11.7 Å². The zero-order valence-corrected chi connectivity index (χ0v) is 20.8. The van der Waals surface area contributed by atoms with Gasteiger partial charge in [0.05, 0.1) is 6.04 Å². The zero-order chi connectivity index (χ0) is 26.7. The average molecular weight is 504 g/mol. The SMILES string of the molecule is CC(C)CC(NC(=O)C(Cc1ccccc1)NC(=O)C(CCC(N)=O)NC(=O)C1CCCN1)C(=O)O. The van der Waals surface area contributed by atoms with Crippen LogP contribution in [0.1, 0.15) is 51.5 Å². The Kier molecular flexibility index (Phi) is 11.3. The number of aliphatic carboxylic acids is 1. The molecule has 0 saturated carbocycles. The molecule has 4 unspecified atom stereocenters. The molecular weight excluding hydrogens is 466 g/mol. The number of carbonyl (C=O) groups is 5. The van der Waals surface area contributed by atoms with Crippen molar-refractivity contribution < 1.29 is 29.1 Å². The molecule has 1 aromatic rings. The molecule has 36 heavy (non-hydrogen) atoms. The van der Waals surface area contributed by atoms with Crippen molar-refractivity contribution in [2.75, 3.05) is 6.54 Å². The summed E-state index contributed by atoms with van der Waals surface area (Å²) in [5.41, 5.74) is 6.00. The first kappa shape index (κ1) is 28.8. The van der Waals surface area contributed by atoms with E-state index < -0.39 is 47.9 Å². The van der Waals surface area contributed by atoms with Gasteiger partial charge >= 0.3 is 5.97 Å². The van der Waals surface area contributed by atoms with E-state index in [9.17, 15) is 29.1 Å². The highest BCUT2D eigenvalue weighted by atomic mass is 16.4. The summed E-state index contributed by atoms with van der Waals surface area (Å²) in [6.07, 6.45) is 1.61. The second-order valence-electron chi connectivity index (χ2n) is 9.49. The molecule has 2 rings (SSSR count). The minimum absolute atomic E-state index is 0.0196. The zero-order valence-electron chi connectivity index (χ0n) is 20.8. The molecular formula is C25H37N5O6. The monoisotopic (exact) mass is 503 g/mol. The molecule has 1 aliphatic heterocycles. The largest absolute Gasteiger partial charge is 0.480 e. The number of rotatable bonds is 14. The Morgan fingerprint density at radius 2 is 1.64 bits per heavy atom. The van der Waals surface area contributed by atoms with Crippen LogP contribution < -0.4 is 27.0 Å². The van der Waals surface area contributed by atoms with Crippen LogP contribution in [-0.2, 0) is 30.4 Å². The molecule has 1 aliphatic rings. The molecule has 4 amide bonds. The molecule has 1 heterocycles. The lowest BCUT2D eigenvalue weighted by Gasteiger charge is -2.25. The molecule has 0 radical (unpaired) electrons. The molecule has 7 N–H and O–H groups in total. The van der Waals surface area contributed by atoms with Crippen LogP contribution in [0.25, 0.3) is 0 Å². The maximum Gasteiger partial charge on any atom is 0.326 e. The Hall–Kier alpha value is -3.47. The van der Waals surface area contributed by atoms with Crippen molar-refractivity contribution in [1.82, 2.24) is 21.3 Å². The standard InChI is InChI=1S/C25H37N5O6/c1-15(2)13-20(25(35)36)30-24(34)19(14-16-7-4-3-5-8-16)29-23(33)18(10-11-21(26)31)28-22(32)17-9-6-12-27-17/h3-5,7-8,15,17-20,27H,6,9-14H2,1-2H3,(H2,26,31)(H,28,32)(H,29,33)(H,30,34)(H,35,36). The summed E-state index contributed by atoms with van der Waals surface area (Å²) >= 11 is 0. The molecule has 0 bridgehead atoms. The molecule has 11 nitrogen and oxygen atoms in total. The summed E-state index contributed by atoms with van der Waals surface area (Å²) in [4.78, 5) is 62.0. The molecule has 0 aromatic heterocycles. The molecule has 1 saturated heterocycles. The number of primary amides is 1. The van der Waals surface area contributed by atoms with Gasteiger partial charge in [0, 0.05) is 12.8 Å². The van der Waals surface area contributed by atoms with Gasteiger partial charge in [-0.25, -0.2) is 4.79 Å². The van der Waals surface area contributed by atoms with Crippen LogP contribution in [-0.4, -0.2) is 65.4 Å². The van der Waals surface area contributed by atoms with Gasteiger partial charge in [-0.1, -0.05) is 44.2 Å². The lowest BCUT2D eigenvalue weighted by Crippen LogP contribution is -2.57. The van der Waals surface area contributed by atoms with E-state index in [0.717, 1.165) is 12.0 Å². The average Bonchev–Trinajstić information content (AvgIpc) is 3.36. The third-order valence-corrected chi connectivity index (χ3v) is 5.93. The van der Waals surface area contributed by atoms with E-state index >= 15 is 0 Å². The Balaban J connectivity index is 2.20. The quantitative estimate of drug-likeness (QED) is 0.204. The van der Waals surface area contributed by atoms with Gasteiger partial charge in [-0.3, -0.25) is 19.2 Å². The summed E-state index contributed by atoms with van der Waals surface area (Å²) in [5, 5.41) is 20.4. The smallest absolute Gasteiger partial charge is 0.326 e. The summed E-state index contributed by atoms with van der Waals surface area (Å²) in [5.74, 6) is -3.46. The fourth-order valence-corrected chi connectivity index (χ4v) is 4.03. The van der Waals surface area contributed by atoms with E-state index in [-0.39, 0.29) is 37.5 Å². The van der Waals surface area contributed by atoms with Gasteiger partial charge in [0.1, 0.15) is 18.1 Å². The summed E-state index contributed by atoms with van der Waals surface area (Å²) < 4.78 is 0. The number of hydrogen-bond acceptors (Lipinski definition) is 6.